The minimum atomic E-state index is -3.87. The fourth-order valence-corrected chi connectivity index (χ4v) is 3.52. The van der Waals surface area contributed by atoms with Gasteiger partial charge >= 0.3 is 0 Å². The number of carbonyl (C=O) groups excluding carboxylic acids is 1. The summed E-state index contributed by atoms with van der Waals surface area (Å²) in [4.78, 5) is 12.9. The minimum Gasteiger partial charge on any atom is -0.405 e. The lowest BCUT2D eigenvalue weighted by atomic mass is 10.0. The van der Waals surface area contributed by atoms with Crippen LogP contribution in [0.3, 0.4) is 0 Å². The number of Topliss-reactive ketones (excluding diaryl/α,β-unsaturated/α-hetero) is 1. The second-order valence-electron chi connectivity index (χ2n) is 5.65. The highest BCUT2D eigenvalue weighted by Crippen LogP contribution is 2.26. The van der Waals surface area contributed by atoms with E-state index in [9.17, 15) is 13.2 Å². The molecular weight excluding hydrogens is 384 g/mol. The first-order valence-corrected chi connectivity index (χ1v) is 9.79. The predicted molar refractivity (Wildman–Crippen MR) is 109 cm³/mol. The van der Waals surface area contributed by atoms with Crippen molar-refractivity contribution in [3.63, 3.8) is 0 Å². The first kappa shape index (κ1) is 20.5. The Balaban J connectivity index is 2.48. The van der Waals surface area contributed by atoms with Crippen molar-refractivity contribution in [3.8, 4) is 0 Å². The van der Waals surface area contributed by atoms with Crippen LogP contribution in [0, 0.1) is 6.92 Å². The Morgan fingerprint density at radius 1 is 1.19 bits per heavy atom. The fourth-order valence-electron chi connectivity index (χ4n) is 2.27. The van der Waals surface area contributed by atoms with Gasteiger partial charge in [0, 0.05) is 16.2 Å². The molecule has 0 aliphatic rings. The molecule has 0 aliphatic carbocycles. The highest BCUT2D eigenvalue weighted by atomic mass is 35.5. The monoisotopic (exact) mass is 402 g/mol. The van der Waals surface area contributed by atoms with E-state index in [1.54, 1.807) is 12.1 Å². The Bertz CT molecular complexity index is 1020. The number of hydrogen-bond donors (Lipinski definition) is 2. The molecule has 7 heteroatoms. The van der Waals surface area contributed by atoms with Crippen LogP contribution in [0.4, 0.5) is 5.69 Å². The topological polar surface area (TPSA) is 89.3 Å². The van der Waals surface area contributed by atoms with Crippen molar-refractivity contribution in [3.05, 3.63) is 95.2 Å². The van der Waals surface area contributed by atoms with E-state index in [0.29, 0.717) is 5.02 Å². The third-order valence-electron chi connectivity index (χ3n) is 3.67. The molecule has 0 unspecified atom stereocenters. The van der Waals surface area contributed by atoms with Gasteiger partial charge in [0.1, 0.15) is 0 Å². The number of carbonyl (C=O) groups is 1. The maximum absolute atomic E-state index is 12.8. The molecule has 0 atom stereocenters. The fraction of sp³-hybridized carbons (Fsp3) is 0.0500. The summed E-state index contributed by atoms with van der Waals surface area (Å²) in [6.45, 7) is 5.47. The van der Waals surface area contributed by atoms with Gasteiger partial charge in [0.15, 0.2) is 5.78 Å². The summed E-state index contributed by atoms with van der Waals surface area (Å²) in [6.07, 6.45) is 5.60. The zero-order valence-electron chi connectivity index (χ0n) is 14.6. The van der Waals surface area contributed by atoms with E-state index >= 15 is 0 Å². The van der Waals surface area contributed by atoms with Crippen molar-refractivity contribution >= 4 is 33.1 Å². The van der Waals surface area contributed by atoms with E-state index < -0.39 is 15.8 Å². The summed E-state index contributed by atoms with van der Waals surface area (Å²) in [7, 11) is -3.87. The number of benzene rings is 2. The third kappa shape index (κ3) is 5.09. The van der Waals surface area contributed by atoms with Crippen molar-refractivity contribution < 1.29 is 13.2 Å². The molecule has 0 amide bonds. The van der Waals surface area contributed by atoms with Crippen LogP contribution >= 0.6 is 11.6 Å². The largest absolute Gasteiger partial charge is 0.405 e. The van der Waals surface area contributed by atoms with Gasteiger partial charge in [-0.25, -0.2) is 8.42 Å². The highest BCUT2D eigenvalue weighted by molar-refractivity contribution is 7.92. The molecule has 140 valence electrons. The Kier molecular flexibility index (Phi) is 6.60. The molecule has 2 rings (SSSR count). The normalized spacial score (nSPS) is 12.1. The molecule has 3 N–H and O–H groups in total. The van der Waals surface area contributed by atoms with E-state index in [-0.39, 0.29) is 21.7 Å². The van der Waals surface area contributed by atoms with E-state index in [0.717, 1.165) is 5.56 Å². The summed E-state index contributed by atoms with van der Waals surface area (Å²) >= 11 is 6.01. The molecule has 0 bridgehead atoms. The predicted octanol–water partition coefficient (Wildman–Crippen LogP) is 4.22. The van der Waals surface area contributed by atoms with Gasteiger partial charge in [0.05, 0.1) is 10.6 Å². The van der Waals surface area contributed by atoms with Crippen LogP contribution in [0.2, 0.25) is 5.02 Å². The molecule has 2 aromatic rings. The van der Waals surface area contributed by atoms with Crippen molar-refractivity contribution in [2.75, 3.05) is 4.72 Å². The summed E-state index contributed by atoms with van der Waals surface area (Å²) < 4.78 is 27.8. The average molecular weight is 403 g/mol. The smallest absolute Gasteiger partial charge is 0.261 e. The molecule has 0 spiro atoms. The van der Waals surface area contributed by atoms with E-state index in [4.69, 9.17) is 17.3 Å². The van der Waals surface area contributed by atoms with Crippen LogP contribution in [0.1, 0.15) is 15.9 Å². The molecule has 5 nitrogen and oxygen atoms in total. The van der Waals surface area contributed by atoms with Gasteiger partial charge in [0.25, 0.3) is 10.0 Å². The summed E-state index contributed by atoms with van der Waals surface area (Å²) in [5.41, 5.74) is 6.71. The molecule has 0 aliphatic heterocycles. The third-order valence-corrected chi connectivity index (χ3v) is 5.29. The van der Waals surface area contributed by atoms with Crippen molar-refractivity contribution in [1.82, 2.24) is 0 Å². The average Bonchev–Trinajstić information content (AvgIpc) is 2.64. The van der Waals surface area contributed by atoms with Gasteiger partial charge in [0.2, 0.25) is 0 Å². The highest BCUT2D eigenvalue weighted by Gasteiger charge is 2.20. The lowest BCUT2D eigenvalue weighted by Gasteiger charge is -2.13. The van der Waals surface area contributed by atoms with Gasteiger partial charge in [-0.05, 0) is 55.6 Å². The number of aryl methyl sites for hydroxylation is 1. The molecule has 0 aromatic heterocycles. The number of anilines is 1. The van der Waals surface area contributed by atoms with E-state index in [1.807, 2.05) is 6.92 Å². The zero-order chi connectivity index (χ0) is 20.0. The van der Waals surface area contributed by atoms with Crippen molar-refractivity contribution in [2.24, 2.45) is 5.73 Å². The second kappa shape index (κ2) is 8.70. The van der Waals surface area contributed by atoms with Crippen LogP contribution in [0.15, 0.2) is 83.9 Å². The van der Waals surface area contributed by atoms with E-state index in [2.05, 4.69) is 11.3 Å². The van der Waals surface area contributed by atoms with Crippen LogP contribution < -0.4 is 10.5 Å². The summed E-state index contributed by atoms with van der Waals surface area (Å²) in [5, 5.41) is 0.300. The van der Waals surface area contributed by atoms with Crippen LogP contribution in [-0.4, -0.2) is 14.2 Å². The molecule has 0 saturated heterocycles. The molecule has 27 heavy (non-hydrogen) atoms. The number of hydrogen-bond acceptors (Lipinski definition) is 4. The number of rotatable bonds is 7. The first-order chi connectivity index (χ1) is 12.8. The van der Waals surface area contributed by atoms with Gasteiger partial charge in [-0.3, -0.25) is 9.52 Å². The van der Waals surface area contributed by atoms with E-state index in [1.165, 1.54) is 54.8 Å². The van der Waals surface area contributed by atoms with Crippen molar-refractivity contribution in [2.45, 2.75) is 11.8 Å². The Morgan fingerprint density at radius 2 is 1.85 bits per heavy atom. The maximum Gasteiger partial charge on any atom is 0.261 e. The Labute approximate surface area is 163 Å². The SMILES string of the molecule is C=C/C(=C\C=C/N)C(=O)c1cc(Cl)ccc1NS(=O)(=O)c1ccc(C)cc1. The molecule has 2 aromatic carbocycles. The molecule has 0 radical (unpaired) electrons. The minimum absolute atomic E-state index is 0.0898. The number of nitrogens with one attached hydrogen (secondary N) is 1. The number of allylic oxidation sites excluding steroid dienone is 4. The standard InChI is InChI=1S/C20H19ClN2O3S/c1-3-15(5-4-12-22)20(24)18-13-16(21)8-11-19(18)23-27(25,26)17-9-6-14(2)7-10-17/h3-13,23H,1,22H2,2H3/b12-4-,15-5+. The molecule has 0 saturated carbocycles. The van der Waals surface area contributed by atoms with Gasteiger partial charge in [-0.2, -0.15) is 0 Å². The number of sulfonamides is 1. The molecular formula is C20H19ClN2O3S. The van der Waals surface area contributed by atoms with Crippen LogP contribution in [0.5, 0.6) is 0 Å². The number of nitrogens with two attached hydrogens (primary N) is 1. The quantitative estimate of drug-likeness (QED) is 0.412. The number of ketones is 1. The lowest BCUT2D eigenvalue weighted by molar-refractivity contribution is 0.103. The van der Waals surface area contributed by atoms with Gasteiger partial charge in [-0.15, -0.1) is 0 Å². The Morgan fingerprint density at radius 3 is 2.44 bits per heavy atom. The molecule has 0 heterocycles. The van der Waals surface area contributed by atoms with Gasteiger partial charge in [-0.1, -0.05) is 42.0 Å². The lowest BCUT2D eigenvalue weighted by Crippen LogP contribution is -2.16. The number of halogens is 1. The van der Waals surface area contributed by atoms with Crippen LogP contribution in [-0.2, 0) is 10.0 Å². The van der Waals surface area contributed by atoms with Crippen molar-refractivity contribution in [1.29, 1.82) is 0 Å². The first-order valence-electron chi connectivity index (χ1n) is 7.93. The maximum atomic E-state index is 12.8. The molecule has 0 fully saturated rings. The van der Waals surface area contributed by atoms with Crippen LogP contribution in [0.25, 0.3) is 0 Å². The van der Waals surface area contributed by atoms with Gasteiger partial charge < -0.3 is 5.73 Å². The Hall–Kier alpha value is -2.83. The summed E-state index contributed by atoms with van der Waals surface area (Å²) in [5.74, 6) is -0.438. The second-order valence-corrected chi connectivity index (χ2v) is 7.77. The summed E-state index contributed by atoms with van der Waals surface area (Å²) in [6, 6.07) is 10.7. The zero-order valence-corrected chi connectivity index (χ0v) is 16.2.